The highest BCUT2D eigenvalue weighted by atomic mass is 16.6. The fourth-order valence-corrected chi connectivity index (χ4v) is 2.05. The number of azide groups is 1. The third kappa shape index (κ3) is 2.21. The Balaban J connectivity index is 2.43. The first-order valence-electron chi connectivity index (χ1n) is 5.78. The molecule has 0 aromatic carbocycles. The second kappa shape index (κ2) is 5.10. The van der Waals surface area contributed by atoms with Crippen molar-refractivity contribution in [2.45, 2.75) is 31.4 Å². The summed E-state index contributed by atoms with van der Waals surface area (Å²) in [7, 11) is 0. The van der Waals surface area contributed by atoms with Crippen molar-refractivity contribution in [1.29, 1.82) is 0 Å². The Hall–Kier alpha value is -2.13. The first-order valence-corrected chi connectivity index (χ1v) is 5.78. The number of aryl methyl sites for hydroxylation is 1. The molecule has 2 heterocycles. The Bertz CT molecular complexity index is 675. The number of aromatic nitrogens is 2. The molecule has 1 fully saturated rings. The average molecular weight is 283 g/mol. The van der Waals surface area contributed by atoms with Gasteiger partial charge in [-0.25, -0.2) is 4.79 Å². The zero-order valence-electron chi connectivity index (χ0n) is 10.6. The number of hydrogen-bond donors (Lipinski definition) is 3. The number of H-pyrrole nitrogens is 1. The molecule has 0 radical (unpaired) electrons. The van der Waals surface area contributed by atoms with E-state index in [4.69, 9.17) is 10.3 Å². The number of hydrogen-bond acceptors (Lipinski definition) is 6. The van der Waals surface area contributed by atoms with Crippen LogP contribution in [0.5, 0.6) is 0 Å². The van der Waals surface area contributed by atoms with E-state index < -0.39 is 35.9 Å². The summed E-state index contributed by atoms with van der Waals surface area (Å²) >= 11 is 0. The minimum atomic E-state index is -1.83. The van der Waals surface area contributed by atoms with E-state index in [0.717, 1.165) is 4.57 Å². The number of rotatable bonds is 3. The number of aromatic amines is 1. The normalized spacial score (nSPS) is 29.1. The Kier molecular flexibility index (Phi) is 3.64. The maximum Gasteiger partial charge on any atom is 0.330 e. The topological polar surface area (TPSA) is 153 Å². The molecule has 3 N–H and O–H groups in total. The van der Waals surface area contributed by atoms with Gasteiger partial charge in [-0.05, 0) is 12.5 Å². The molecule has 1 saturated heterocycles. The molecule has 0 spiro atoms. The lowest BCUT2D eigenvalue weighted by Crippen LogP contribution is -2.41. The molecule has 0 amide bonds. The predicted molar refractivity (Wildman–Crippen MR) is 65.8 cm³/mol. The van der Waals surface area contributed by atoms with Crippen LogP contribution in [0.3, 0.4) is 0 Å². The maximum absolute atomic E-state index is 11.7. The molecule has 10 heteroatoms. The lowest BCUT2D eigenvalue weighted by atomic mass is 10.1. The van der Waals surface area contributed by atoms with Crippen LogP contribution >= 0.6 is 0 Å². The molecule has 2 rings (SSSR count). The van der Waals surface area contributed by atoms with Crippen LogP contribution in [0.1, 0.15) is 18.2 Å². The van der Waals surface area contributed by atoms with Crippen LogP contribution in [0.4, 0.5) is 0 Å². The van der Waals surface area contributed by atoms with Crippen molar-refractivity contribution in [3.63, 3.8) is 0 Å². The number of nitrogens with zero attached hydrogens (tertiary/aromatic N) is 4. The third-order valence-corrected chi connectivity index (χ3v) is 3.18. The van der Waals surface area contributed by atoms with Crippen LogP contribution in [-0.2, 0) is 4.74 Å². The zero-order chi connectivity index (χ0) is 14.9. The van der Waals surface area contributed by atoms with Crippen LogP contribution in [0.2, 0.25) is 0 Å². The summed E-state index contributed by atoms with van der Waals surface area (Å²) in [5.41, 5.74) is 5.69. The Morgan fingerprint density at radius 3 is 3.00 bits per heavy atom. The van der Waals surface area contributed by atoms with E-state index in [1.54, 1.807) is 0 Å². The molecule has 1 aromatic heterocycles. The molecule has 0 saturated carbocycles. The van der Waals surface area contributed by atoms with Crippen LogP contribution in [-0.4, -0.2) is 38.2 Å². The van der Waals surface area contributed by atoms with Gasteiger partial charge in [0.25, 0.3) is 5.56 Å². The molecule has 0 bridgehead atoms. The third-order valence-electron chi connectivity index (χ3n) is 3.18. The molecule has 0 aliphatic carbocycles. The molecular formula is C10H13N5O5. The van der Waals surface area contributed by atoms with Gasteiger partial charge in [0.1, 0.15) is 6.23 Å². The second-order valence-electron chi connectivity index (χ2n) is 4.50. The van der Waals surface area contributed by atoms with Crippen molar-refractivity contribution in [3.8, 4) is 0 Å². The Morgan fingerprint density at radius 2 is 2.40 bits per heavy atom. The molecule has 1 aliphatic rings. The zero-order valence-corrected chi connectivity index (χ0v) is 10.6. The number of ether oxygens (including phenoxy) is 1. The van der Waals surface area contributed by atoms with Gasteiger partial charge in [0.2, 0.25) is 0 Å². The van der Waals surface area contributed by atoms with Gasteiger partial charge in [-0.3, -0.25) is 14.3 Å². The quantitative estimate of drug-likeness (QED) is 0.373. The highest BCUT2D eigenvalue weighted by molar-refractivity contribution is 5.03. The summed E-state index contributed by atoms with van der Waals surface area (Å²) in [6.07, 6.45) is -1.01. The molecule has 108 valence electrons. The Labute approximate surface area is 111 Å². The van der Waals surface area contributed by atoms with Crippen molar-refractivity contribution in [2.75, 3.05) is 6.61 Å². The van der Waals surface area contributed by atoms with E-state index in [9.17, 15) is 19.8 Å². The summed E-state index contributed by atoms with van der Waals surface area (Å²) in [5, 5.41) is 22.4. The largest absolute Gasteiger partial charge is 0.393 e. The fourth-order valence-electron chi connectivity index (χ4n) is 2.05. The molecule has 10 nitrogen and oxygen atoms in total. The number of aliphatic hydroxyl groups is 2. The molecular weight excluding hydrogens is 270 g/mol. The lowest BCUT2D eigenvalue weighted by molar-refractivity contribution is -0.124. The van der Waals surface area contributed by atoms with Crippen molar-refractivity contribution < 1.29 is 14.9 Å². The maximum atomic E-state index is 11.7. The highest BCUT2D eigenvalue weighted by Gasteiger charge is 2.48. The number of nitrogens with one attached hydrogen (secondary N) is 1. The number of aliphatic hydroxyl groups excluding tert-OH is 2. The van der Waals surface area contributed by atoms with Crippen molar-refractivity contribution in [1.82, 2.24) is 9.55 Å². The van der Waals surface area contributed by atoms with E-state index >= 15 is 0 Å². The van der Waals surface area contributed by atoms with Gasteiger partial charge >= 0.3 is 5.69 Å². The molecule has 3 atom stereocenters. The van der Waals surface area contributed by atoms with E-state index in [2.05, 4.69) is 15.0 Å². The van der Waals surface area contributed by atoms with E-state index in [-0.39, 0.29) is 12.0 Å². The minimum absolute atomic E-state index is 0.0645. The van der Waals surface area contributed by atoms with E-state index in [1.807, 2.05) is 0 Å². The SMILES string of the molecule is Cc1cn([C@@H]2C[C@H](O)[C@@](CO)(N=[N+]=[N-])O2)c(=O)[nH]c1=O. The average Bonchev–Trinajstić information content (AvgIpc) is 2.72. The van der Waals surface area contributed by atoms with Gasteiger partial charge in [0.05, 0.1) is 12.7 Å². The second-order valence-corrected chi connectivity index (χ2v) is 4.50. The van der Waals surface area contributed by atoms with Gasteiger partial charge in [0, 0.05) is 23.1 Å². The molecule has 20 heavy (non-hydrogen) atoms. The van der Waals surface area contributed by atoms with Crippen LogP contribution in [0.25, 0.3) is 10.4 Å². The van der Waals surface area contributed by atoms with E-state index in [0.29, 0.717) is 0 Å². The summed E-state index contributed by atoms with van der Waals surface area (Å²) in [4.78, 5) is 27.6. The predicted octanol–water partition coefficient (Wildman–Crippen LogP) is -0.876. The summed E-state index contributed by atoms with van der Waals surface area (Å²) in [6.45, 7) is 0.776. The van der Waals surface area contributed by atoms with E-state index in [1.165, 1.54) is 13.1 Å². The highest BCUT2D eigenvalue weighted by Crippen LogP contribution is 2.37. The standard InChI is InChI=1S/C10H13N5O5/c1-5-3-15(9(19)12-8(5)18)7-2-6(17)10(4-16,20-7)13-14-11/h3,6-7,16-17H,2,4H2,1H3,(H,12,18,19)/t6-,7-,10-/m0/s1. The van der Waals surface area contributed by atoms with Gasteiger partial charge in [-0.15, -0.1) is 0 Å². The minimum Gasteiger partial charge on any atom is -0.393 e. The van der Waals surface area contributed by atoms with Gasteiger partial charge in [-0.1, -0.05) is 5.11 Å². The van der Waals surface area contributed by atoms with Crippen LogP contribution < -0.4 is 11.2 Å². The van der Waals surface area contributed by atoms with Crippen molar-refractivity contribution in [2.24, 2.45) is 5.11 Å². The molecule has 0 unspecified atom stereocenters. The first kappa shape index (κ1) is 14.3. The van der Waals surface area contributed by atoms with Gasteiger partial charge in [0.15, 0.2) is 5.72 Å². The van der Waals surface area contributed by atoms with Crippen LogP contribution in [0, 0.1) is 6.92 Å². The van der Waals surface area contributed by atoms with Gasteiger partial charge < -0.3 is 14.9 Å². The Morgan fingerprint density at radius 1 is 1.70 bits per heavy atom. The van der Waals surface area contributed by atoms with Crippen molar-refractivity contribution in [3.05, 3.63) is 43.0 Å². The first-order chi connectivity index (χ1) is 9.43. The smallest absolute Gasteiger partial charge is 0.330 e. The lowest BCUT2D eigenvalue weighted by Gasteiger charge is -2.24. The molecule has 1 aromatic rings. The fraction of sp³-hybridized carbons (Fsp3) is 0.600. The summed E-state index contributed by atoms with van der Waals surface area (Å²) in [6, 6.07) is 0. The molecule has 1 aliphatic heterocycles. The van der Waals surface area contributed by atoms with Crippen LogP contribution in [0.15, 0.2) is 20.9 Å². The monoisotopic (exact) mass is 283 g/mol. The van der Waals surface area contributed by atoms with Gasteiger partial charge in [-0.2, -0.15) is 0 Å². The summed E-state index contributed by atoms with van der Waals surface area (Å²) in [5.74, 6) is 0. The van der Waals surface area contributed by atoms with Crippen molar-refractivity contribution >= 4 is 0 Å². The summed E-state index contributed by atoms with van der Waals surface area (Å²) < 4.78 is 6.41.